The molecule has 146 valence electrons. The highest BCUT2D eigenvalue weighted by Gasteiger charge is 2.15. The molecule has 2 aromatic heterocycles. The summed E-state index contributed by atoms with van der Waals surface area (Å²) < 4.78 is 1.44. The molecule has 2 aromatic carbocycles. The van der Waals surface area contributed by atoms with Crippen molar-refractivity contribution in [3.63, 3.8) is 0 Å². The average Bonchev–Trinajstić information content (AvgIpc) is 3.37. The second-order valence-corrected chi connectivity index (χ2v) is 6.92. The summed E-state index contributed by atoms with van der Waals surface area (Å²) in [5, 5.41) is 27.2. The van der Waals surface area contributed by atoms with Crippen LogP contribution in [0.3, 0.4) is 0 Å². The summed E-state index contributed by atoms with van der Waals surface area (Å²) in [5.74, 6) is -0.0102. The molecular weight excluding hydrogens is 417 g/mol. The molecule has 0 fully saturated rings. The average molecular weight is 430 g/mol. The number of nitrogens with one attached hydrogen (secondary N) is 1. The summed E-state index contributed by atoms with van der Waals surface area (Å²) in [6, 6.07) is 10.4. The number of amides is 1. The Morgan fingerprint density at radius 2 is 2.00 bits per heavy atom. The lowest BCUT2D eigenvalue weighted by Crippen LogP contribution is -2.20. The fraction of sp³-hybridized carbons (Fsp3) is 0.118. The van der Waals surface area contributed by atoms with E-state index in [9.17, 15) is 4.79 Å². The van der Waals surface area contributed by atoms with Gasteiger partial charge in [0, 0.05) is 21.3 Å². The smallest absolute Gasteiger partial charge is 0.248 e. The molecule has 1 amide bonds. The molecule has 0 bridgehead atoms. The normalized spacial score (nSPS) is 10.9. The first-order chi connectivity index (χ1) is 14.0. The summed E-state index contributed by atoms with van der Waals surface area (Å²) >= 11 is 12.2. The highest BCUT2D eigenvalue weighted by molar-refractivity contribution is 6.31. The zero-order valence-electron chi connectivity index (χ0n) is 15.0. The fourth-order valence-corrected chi connectivity index (χ4v) is 2.92. The molecule has 0 radical (unpaired) electrons. The Hall–Kier alpha value is -3.37. The molecule has 0 atom stereocenters. The summed E-state index contributed by atoms with van der Waals surface area (Å²) in [7, 11) is 0. The van der Waals surface area contributed by atoms with Crippen molar-refractivity contribution >= 4 is 34.8 Å². The minimum atomic E-state index is -0.314. The molecule has 29 heavy (non-hydrogen) atoms. The van der Waals surface area contributed by atoms with Gasteiger partial charge in [-0.05, 0) is 58.5 Å². The van der Waals surface area contributed by atoms with Gasteiger partial charge in [0.25, 0.3) is 0 Å². The Labute approximate surface area is 174 Å². The predicted octanol–water partition coefficient (Wildman–Crippen LogP) is 2.57. The van der Waals surface area contributed by atoms with Crippen molar-refractivity contribution < 1.29 is 4.79 Å². The van der Waals surface area contributed by atoms with Crippen LogP contribution in [0, 0.1) is 6.92 Å². The number of anilines is 1. The molecule has 0 unspecified atom stereocenters. The van der Waals surface area contributed by atoms with Crippen LogP contribution in [0.25, 0.3) is 17.1 Å². The number of tetrazole rings is 2. The fourth-order valence-electron chi connectivity index (χ4n) is 2.57. The first kappa shape index (κ1) is 19.0. The van der Waals surface area contributed by atoms with Gasteiger partial charge >= 0.3 is 0 Å². The van der Waals surface area contributed by atoms with E-state index in [0.29, 0.717) is 32.8 Å². The van der Waals surface area contributed by atoms with Gasteiger partial charge in [-0.25, -0.2) is 0 Å². The van der Waals surface area contributed by atoms with Crippen molar-refractivity contribution in [2.75, 3.05) is 5.32 Å². The molecule has 1 N–H and O–H groups in total. The molecule has 0 aliphatic heterocycles. The number of carbonyl (C=O) groups excluding carboxylic acids is 1. The zero-order valence-corrected chi connectivity index (χ0v) is 16.5. The second kappa shape index (κ2) is 7.94. The number of benzene rings is 2. The molecule has 4 rings (SSSR count). The topological polar surface area (TPSA) is 116 Å². The standard InChI is InChI=1S/C17H13Cl2N9O/c1-10-2-4-12(7-14(10)19)21-16(29)8-28-23-17(22-25-28)13-5-3-11(18)6-15(13)27-9-20-24-26-27/h2-7,9H,8H2,1H3,(H,21,29). The van der Waals surface area contributed by atoms with E-state index in [1.54, 1.807) is 30.3 Å². The van der Waals surface area contributed by atoms with Crippen LogP contribution in [0.2, 0.25) is 10.0 Å². The Morgan fingerprint density at radius 1 is 1.14 bits per heavy atom. The van der Waals surface area contributed by atoms with Crippen LogP contribution in [0.5, 0.6) is 0 Å². The maximum absolute atomic E-state index is 12.3. The molecule has 2 heterocycles. The summed E-state index contributed by atoms with van der Waals surface area (Å²) in [4.78, 5) is 13.5. The highest BCUT2D eigenvalue weighted by Crippen LogP contribution is 2.26. The number of aryl methyl sites for hydroxylation is 1. The van der Waals surface area contributed by atoms with Crippen LogP contribution in [0.4, 0.5) is 5.69 Å². The van der Waals surface area contributed by atoms with Gasteiger partial charge in [-0.15, -0.1) is 15.3 Å². The Morgan fingerprint density at radius 3 is 2.76 bits per heavy atom. The van der Waals surface area contributed by atoms with Crippen molar-refractivity contribution in [3.8, 4) is 17.1 Å². The van der Waals surface area contributed by atoms with Gasteiger partial charge in [-0.2, -0.15) is 9.48 Å². The number of aromatic nitrogens is 8. The predicted molar refractivity (Wildman–Crippen MR) is 106 cm³/mol. The first-order valence-electron chi connectivity index (χ1n) is 8.37. The number of hydrogen-bond acceptors (Lipinski definition) is 7. The molecule has 0 saturated heterocycles. The number of carbonyl (C=O) groups is 1. The number of nitrogens with zero attached hydrogens (tertiary/aromatic N) is 8. The van der Waals surface area contributed by atoms with E-state index in [0.717, 1.165) is 5.56 Å². The van der Waals surface area contributed by atoms with Crippen LogP contribution in [0.1, 0.15) is 5.56 Å². The lowest BCUT2D eigenvalue weighted by molar-refractivity contribution is -0.117. The third-order valence-corrected chi connectivity index (χ3v) is 4.63. The van der Waals surface area contributed by atoms with Crippen LogP contribution < -0.4 is 5.32 Å². The third-order valence-electron chi connectivity index (χ3n) is 3.99. The maximum atomic E-state index is 12.3. The summed E-state index contributed by atoms with van der Waals surface area (Å²) in [6.45, 7) is 1.77. The van der Waals surface area contributed by atoms with E-state index in [1.807, 2.05) is 13.0 Å². The van der Waals surface area contributed by atoms with Crippen LogP contribution >= 0.6 is 23.2 Å². The van der Waals surface area contributed by atoms with E-state index in [-0.39, 0.29) is 12.5 Å². The van der Waals surface area contributed by atoms with E-state index in [4.69, 9.17) is 23.2 Å². The van der Waals surface area contributed by atoms with Crippen LogP contribution in [-0.4, -0.2) is 46.3 Å². The first-order valence-corrected chi connectivity index (χ1v) is 9.12. The molecule has 0 saturated carbocycles. The molecule has 12 heteroatoms. The van der Waals surface area contributed by atoms with Crippen molar-refractivity contribution in [3.05, 3.63) is 58.3 Å². The molecule has 0 aliphatic carbocycles. The van der Waals surface area contributed by atoms with Crippen molar-refractivity contribution in [2.24, 2.45) is 0 Å². The molecular formula is C17H13Cl2N9O. The lowest BCUT2D eigenvalue weighted by Gasteiger charge is -2.06. The summed E-state index contributed by atoms with van der Waals surface area (Å²) in [6.07, 6.45) is 1.43. The Kier molecular flexibility index (Phi) is 5.19. The lowest BCUT2D eigenvalue weighted by atomic mass is 10.1. The van der Waals surface area contributed by atoms with Gasteiger partial charge in [0.05, 0.1) is 5.69 Å². The molecule has 10 nitrogen and oxygen atoms in total. The van der Waals surface area contributed by atoms with Gasteiger partial charge in [0.1, 0.15) is 12.9 Å². The summed E-state index contributed by atoms with van der Waals surface area (Å²) in [5.41, 5.74) is 2.71. The minimum absolute atomic E-state index is 0.119. The van der Waals surface area contributed by atoms with Gasteiger partial charge in [-0.1, -0.05) is 29.3 Å². The highest BCUT2D eigenvalue weighted by atomic mass is 35.5. The molecule has 4 aromatic rings. The largest absolute Gasteiger partial charge is 0.324 e. The quantitative estimate of drug-likeness (QED) is 0.517. The SMILES string of the molecule is Cc1ccc(NC(=O)Cn2nnc(-c3ccc(Cl)cc3-n3cnnn3)n2)cc1Cl. The van der Waals surface area contributed by atoms with Crippen LogP contribution in [0.15, 0.2) is 42.7 Å². The molecule has 0 aliphatic rings. The van der Waals surface area contributed by atoms with Crippen LogP contribution in [-0.2, 0) is 11.3 Å². The number of hydrogen-bond donors (Lipinski definition) is 1. The van der Waals surface area contributed by atoms with Gasteiger partial charge in [0.2, 0.25) is 11.7 Å². The molecule has 0 spiro atoms. The van der Waals surface area contributed by atoms with Crippen molar-refractivity contribution in [1.29, 1.82) is 0 Å². The second-order valence-electron chi connectivity index (χ2n) is 6.07. The van der Waals surface area contributed by atoms with E-state index < -0.39 is 0 Å². The Balaban J connectivity index is 1.53. The Bertz CT molecular complexity index is 1170. The zero-order chi connectivity index (χ0) is 20.4. The number of halogens is 2. The van der Waals surface area contributed by atoms with E-state index in [1.165, 1.54) is 15.8 Å². The van der Waals surface area contributed by atoms with Gasteiger partial charge in [0.15, 0.2) is 0 Å². The third kappa shape index (κ3) is 4.23. The van der Waals surface area contributed by atoms with Gasteiger partial charge < -0.3 is 5.32 Å². The van der Waals surface area contributed by atoms with E-state index in [2.05, 4.69) is 36.3 Å². The van der Waals surface area contributed by atoms with E-state index >= 15 is 0 Å². The maximum Gasteiger partial charge on any atom is 0.248 e. The van der Waals surface area contributed by atoms with Crippen molar-refractivity contribution in [1.82, 2.24) is 40.4 Å². The van der Waals surface area contributed by atoms with Crippen molar-refractivity contribution in [2.45, 2.75) is 13.5 Å². The minimum Gasteiger partial charge on any atom is -0.324 e. The number of rotatable bonds is 5. The monoisotopic (exact) mass is 429 g/mol. The van der Waals surface area contributed by atoms with Gasteiger partial charge in [-0.3, -0.25) is 4.79 Å².